The SMILES string of the molecule is C=C1C(O)[C@@H](CO)O[C@H]1n1cnc2c(N)ncnc21. The van der Waals surface area contributed by atoms with Crippen molar-refractivity contribution in [3.8, 4) is 0 Å². The van der Waals surface area contributed by atoms with Gasteiger partial charge in [-0.25, -0.2) is 15.0 Å². The zero-order valence-electron chi connectivity index (χ0n) is 9.97. The Morgan fingerprint density at radius 3 is 2.89 bits per heavy atom. The van der Waals surface area contributed by atoms with Crippen LogP contribution in [0.5, 0.6) is 0 Å². The Bertz CT molecular complexity index is 640. The number of aliphatic hydroxyl groups excluding tert-OH is 2. The molecule has 100 valence electrons. The number of hydrogen-bond acceptors (Lipinski definition) is 7. The standard InChI is InChI=1S/C11H13N5O3/c1-5-8(18)6(2-17)19-11(5)16-4-15-7-9(12)13-3-14-10(7)16/h3-4,6,8,11,17-18H,1-2H2,(H2,12,13,14)/t6-,8?,11-/m1/s1. The third kappa shape index (κ3) is 1.69. The van der Waals surface area contributed by atoms with Crippen molar-refractivity contribution >= 4 is 17.0 Å². The number of nitrogen functional groups attached to an aromatic ring is 1. The molecule has 8 nitrogen and oxygen atoms in total. The van der Waals surface area contributed by atoms with E-state index in [1.807, 2.05) is 0 Å². The Balaban J connectivity index is 2.06. The number of fused-ring (bicyclic) bond motifs is 1. The average molecular weight is 263 g/mol. The topological polar surface area (TPSA) is 119 Å². The number of nitrogens with two attached hydrogens (primary N) is 1. The Kier molecular flexibility index (Phi) is 2.70. The fraction of sp³-hybridized carbons (Fsp3) is 0.364. The second kappa shape index (κ2) is 4.26. The summed E-state index contributed by atoms with van der Waals surface area (Å²) in [4.78, 5) is 12.1. The maximum absolute atomic E-state index is 9.88. The van der Waals surface area contributed by atoms with E-state index in [-0.39, 0.29) is 12.4 Å². The lowest BCUT2D eigenvalue weighted by Crippen LogP contribution is -2.25. The molecule has 4 N–H and O–H groups in total. The second-order valence-corrected chi connectivity index (χ2v) is 4.31. The molecule has 8 heteroatoms. The highest BCUT2D eigenvalue weighted by Gasteiger charge is 2.38. The van der Waals surface area contributed by atoms with Gasteiger partial charge in [-0.3, -0.25) is 4.57 Å². The lowest BCUT2D eigenvalue weighted by molar-refractivity contribution is -0.0422. The normalized spacial score (nSPS) is 27.3. The first-order valence-electron chi connectivity index (χ1n) is 5.69. The molecule has 0 bridgehead atoms. The summed E-state index contributed by atoms with van der Waals surface area (Å²) < 4.78 is 7.16. The molecule has 1 unspecified atom stereocenters. The van der Waals surface area contributed by atoms with Crippen molar-refractivity contribution in [2.45, 2.75) is 18.4 Å². The molecule has 2 aromatic rings. The maximum Gasteiger partial charge on any atom is 0.167 e. The number of imidazole rings is 1. The average Bonchev–Trinajstić information content (AvgIpc) is 2.94. The van der Waals surface area contributed by atoms with Crippen molar-refractivity contribution in [3.05, 3.63) is 24.8 Å². The summed E-state index contributed by atoms with van der Waals surface area (Å²) in [7, 11) is 0. The van der Waals surface area contributed by atoms with Crippen LogP contribution in [-0.4, -0.2) is 48.5 Å². The summed E-state index contributed by atoms with van der Waals surface area (Å²) >= 11 is 0. The summed E-state index contributed by atoms with van der Waals surface area (Å²) in [5.41, 5.74) is 7.09. The van der Waals surface area contributed by atoms with Crippen LogP contribution in [0.25, 0.3) is 11.2 Å². The van der Waals surface area contributed by atoms with Crippen LogP contribution in [0, 0.1) is 0 Å². The Hall–Kier alpha value is -2.03. The van der Waals surface area contributed by atoms with Gasteiger partial charge in [0.25, 0.3) is 0 Å². The van der Waals surface area contributed by atoms with Crippen molar-refractivity contribution in [1.29, 1.82) is 0 Å². The van der Waals surface area contributed by atoms with E-state index in [4.69, 9.17) is 15.6 Å². The van der Waals surface area contributed by atoms with Crippen LogP contribution in [0.15, 0.2) is 24.8 Å². The first kappa shape index (κ1) is 12.0. The third-order valence-electron chi connectivity index (χ3n) is 3.17. The fourth-order valence-corrected chi connectivity index (χ4v) is 2.14. The third-order valence-corrected chi connectivity index (χ3v) is 3.17. The molecule has 3 heterocycles. The lowest BCUT2D eigenvalue weighted by atomic mass is 10.1. The molecule has 0 spiro atoms. The van der Waals surface area contributed by atoms with Gasteiger partial charge < -0.3 is 20.7 Å². The van der Waals surface area contributed by atoms with E-state index in [9.17, 15) is 5.11 Å². The summed E-state index contributed by atoms with van der Waals surface area (Å²) in [6.45, 7) is 3.50. The molecule has 0 amide bonds. The first-order chi connectivity index (χ1) is 9.13. The van der Waals surface area contributed by atoms with Crippen molar-refractivity contribution < 1.29 is 14.9 Å². The maximum atomic E-state index is 9.88. The molecule has 1 aliphatic heterocycles. The summed E-state index contributed by atoms with van der Waals surface area (Å²) in [5, 5.41) is 19.0. The van der Waals surface area contributed by atoms with Crippen molar-refractivity contribution in [1.82, 2.24) is 19.5 Å². The minimum absolute atomic E-state index is 0.270. The zero-order chi connectivity index (χ0) is 13.6. The highest BCUT2D eigenvalue weighted by molar-refractivity contribution is 5.81. The molecule has 1 saturated heterocycles. The van der Waals surface area contributed by atoms with Crippen LogP contribution in [0.2, 0.25) is 0 Å². The molecule has 1 aliphatic rings. The van der Waals surface area contributed by atoms with Gasteiger partial charge in [-0.1, -0.05) is 6.58 Å². The number of rotatable bonds is 2. The largest absolute Gasteiger partial charge is 0.394 e. The van der Waals surface area contributed by atoms with Crippen molar-refractivity contribution in [3.63, 3.8) is 0 Å². The van der Waals surface area contributed by atoms with Crippen LogP contribution in [-0.2, 0) is 4.74 Å². The minimum Gasteiger partial charge on any atom is -0.394 e. The van der Waals surface area contributed by atoms with E-state index in [2.05, 4.69) is 21.5 Å². The number of aromatic nitrogens is 4. The number of aliphatic hydroxyl groups is 2. The Morgan fingerprint density at radius 1 is 1.42 bits per heavy atom. The van der Waals surface area contributed by atoms with Gasteiger partial charge in [-0.2, -0.15) is 0 Å². The van der Waals surface area contributed by atoms with Gasteiger partial charge in [0.15, 0.2) is 17.7 Å². The van der Waals surface area contributed by atoms with Gasteiger partial charge in [-0.15, -0.1) is 0 Å². The van der Waals surface area contributed by atoms with Gasteiger partial charge in [0.1, 0.15) is 24.1 Å². The number of ether oxygens (including phenoxy) is 1. The molecule has 0 radical (unpaired) electrons. The van der Waals surface area contributed by atoms with Crippen LogP contribution in [0.4, 0.5) is 5.82 Å². The van der Waals surface area contributed by atoms with E-state index >= 15 is 0 Å². The first-order valence-corrected chi connectivity index (χ1v) is 5.69. The quantitative estimate of drug-likeness (QED) is 0.608. The molecular weight excluding hydrogens is 250 g/mol. The number of hydrogen-bond donors (Lipinski definition) is 3. The van der Waals surface area contributed by atoms with Gasteiger partial charge in [0.05, 0.1) is 12.9 Å². The zero-order valence-corrected chi connectivity index (χ0v) is 9.97. The molecule has 19 heavy (non-hydrogen) atoms. The molecule has 3 atom stereocenters. The molecule has 0 saturated carbocycles. The Labute approximate surface area is 108 Å². The minimum atomic E-state index is -0.924. The molecule has 1 fully saturated rings. The number of nitrogens with zero attached hydrogens (tertiary/aromatic N) is 4. The number of anilines is 1. The van der Waals surface area contributed by atoms with E-state index in [0.717, 1.165) is 0 Å². The van der Waals surface area contributed by atoms with E-state index < -0.39 is 18.4 Å². The molecule has 0 aromatic carbocycles. The van der Waals surface area contributed by atoms with Crippen molar-refractivity contribution in [2.24, 2.45) is 0 Å². The monoisotopic (exact) mass is 263 g/mol. The highest BCUT2D eigenvalue weighted by Crippen LogP contribution is 2.34. The highest BCUT2D eigenvalue weighted by atomic mass is 16.5. The van der Waals surface area contributed by atoms with Gasteiger partial charge >= 0.3 is 0 Å². The van der Waals surface area contributed by atoms with Crippen LogP contribution >= 0.6 is 0 Å². The molecule has 2 aromatic heterocycles. The van der Waals surface area contributed by atoms with Crippen LogP contribution < -0.4 is 5.73 Å². The summed E-state index contributed by atoms with van der Waals surface area (Å²) in [6, 6.07) is 0. The van der Waals surface area contributed by atoms with E-state index in [1.165, 1.54) is 12.7 Å². The Morgan fingerprint density at radius 2 is 2.21 bits per heavy atom. The van der Waals surface area contributed by atoms with Gasteiger partial charge in [0.2, 0.25) is 0 Å². The summed E-state index contributed by atoms with van der Waals surface area (Å²) in [6.07, 6.45) is 0.568. The fourth-order valence-electron chi connectivity index (χ4n) is 2.14. The lowest BCUT2D eigenvalue weighted by Gasteiger charge is -2.13. The van der Waals surface area contributed by atoms with Crippen molar-refractivity contribution in [2.75, 3.05) is 12.3 Å². The van der Waals surface area contributed by atoms with E-state index in [0.29, 0.717) is 16.7 Å². The predicted octanol–water partition coefficient (Wildman–Crippen LogP) is -0.785. The molecule has 3 rings (SSSR count). The molecule has 0 aliphatic carbocycles. The van der Waals surface area contributed by atoms with Gasteiger partial charge in [-0.05, 0) is 0 Å². The van der Waals surface area contributed by atoms with Crippen LogP contribution in [0.1, 0.15) is 6.23 Å². The smallest absolute Gasteiger partial charge is 0.167 e. The van der Waals surface area contributed by atoms with E-state index in [1.54, 1.807) is 4.57 Å². The second-order valence-electron chi connectivity index (χ2n) is 4.31. The predicted molar refractivity (Wildman–Crippen MR) is 65.9 cm³/mol. The molecular formula is C11H13N5O3. The van der Waals surface area contributed by atoms with Gasteiger partial charge in [0, 0.05) is 5.57 Å². The summed E-state index contributed by atoms with van der Waals surface area (Å²) in [5.74, 6) is 0.270. The van der Waals surface area contributed by atoms with Crippen LogP contribution in [0.3, 0.4) is 0 Å².